The van der Waals surface area contributed by atoms with Crippen LogP contribution in [0.25, 0.3) is 0 Å². The average molecular weight is 343 g/mol. The maximum Gasteiger partial charge on any atom is 0.311 e. The predicted molar refractivity (Wildman–Crippen MR) is 93.3 cm³/mol. The molecule has 1 saturated heterocycles. The monoisotopic (exact) mass is 343 g/mol. The van der Waals surface area contributed by atoms with Crippen LogP contribution in [-0.2, 0) is 14.3 Å². The van der Waals surface area contributed by atoms with Crippen LogP contribution in [0.3, 0.4) is 0 Å². The second-order valence-electron chi connectivity index (χ2n) is 7.23. The van der Waals surface area contributed by atoms with E-state index in [0.29, 0.717) is 12.1 Å². The van der Waals surface area contributed by atoms with Crippen LogP contribution < -0.4 is 0 Å². The number of aryl methyl sites for hydroxylation is 2. The van der Waals surface area contributed by atoms with Crippen LogP contribution in [0.15, 0.2) is 18.2 Å². The van der Waals surface area contributed by atoms with Crippen molar-refractivity contribution >= 4 is 17.7 Å². The molecule has 5 heteroatoms. The van der Waals surface area contributed by atoms with E-state index in [-0.39, 0.29) is 30.8 Å². The van der Waals surface area contributed by atoms with Crippen molar-refractivity contribution in [2.75, 3.05) is 13.2 Å². The maximum atomic E-state index is 12.3. The first kappa shape index (κ1) is 17.6. The minimum Gasteiger partial charge on any atom is -0.457 e. The molecular weight excluding hydrogens is 318 g/mol. The first-order chi connectivity index (χ1) is 12.0. The number of benzene rings is 1. The quantitative estimate of drug-likeness (QED) is 0.609. The highest BCUT2D eigenvalue weighted by atomic mass is 16.5. The van der Waals surface area contributed by atoms with Gasteiger partial charge in [0.25, 0.3) is 0 Å². The number of nitrogens with zero attached hydrogens (tertiary/aromatic N) is 1. The number of carbonyl (C=O) groups is 3. The summed E-state index contributed by atoms with van der Waals surface area (Å²) in [4.78, 5) is 38.6. The van der Waals surface area contributed by atoms with Gasteiger partial charge in [0.1, 0.15) is 0 Å². The number of ether oxygens (including phenoxy) is 1. The summed E-state index contributed by atoms with van der Waals surface area (Å²) in [7, 11) is 0. The number of esters is 1. The van der Waals surface area contributed by atoms with Crippen molar-refractivity contribution in [2.24, 2.45) is 5.92 Å². The largest absolute Gasteiger partial charge is 0.457 e. The van der Waals surface area contributed by atoms with Gasteiger partial charge in [-0.2, -0.15) is 0 Å². The fourth-order valence-corrected chi connectivity index (χ4v) is 3.92. The van der Waals surface area contributed by atoms with E-state index in [0.717, 1.165) is 36.8 Å². The van der Waals surface area contributed by atoms with Gasteiger partial charge in [0.05, 0.1) is 5.92 Å². The minimum absolute atomic E-state index is 0.0366. The number of Topliss-reactive ketones (excluding diaryl/α,β-unsaturated/α-hetero) is 1. The zero-order valence-corrected chi connectivity index (χ0v) is 14.9. The third-order valence-corrected chi connectivity index (χ3v) is 5.29. The van der Waals surface area contributed by atoms with Crippen LogP contribution in [0, 0.1) is 19.8 Å². The van der Waals surface area contributed by atoms with Crippen molar-refractivity contribution in [3.05, 3.63) is 34.9 Å². The third kappa shape index (κ3) is 3.91. The average Bonchev–Trinajstić information content (AvgIpc) is 3.21. The van der Waals surface area contributed by atoms with Crippen molar-refractivity contribution in [1.82, 2.24) is 4.90 Å². The Morgan fingerprint density at radius 3 is 2.60 bits per heavy atom. The van der Waals surface area contributed by atoms with E-state index in [1.54, 1.807) is 6.07 Å². The van der Waals surface area contributed by atoms with Gasteiger partial charge in [0.15, 0.2) is 6.61 Å². The lowest BCUT2D eigenvalue weighted by Gasteiger charge is -2.23. The Morgan fingerprint density at radius 1 is 1.20 bits per heavy atom. The van der Waals surface area contributed by atoms with Gasteiger partial charge in [-0.05, 0) is 32.3 Å². The van der Waals surface area contributed by atoms with Crippen molar-refractivity contribution in [2.45, 2.75) is 52.0 Å². The van der Waals surface area contributed by atoms with Gasteiger partial charge in [-0.3, -0.25) is 14.4 Å². The van der Waals surface area contributed by atoms with E-state index < -0.39 is 11.9 Å². The Kier molecular flexibility index (Phi) is 5.21. The number of hydrogen-bond donors (Lipinski definition) is 0. The summed E-state index contributed by atoms with van der Waals surface area (Å²) in [5.41, 5.74) is 2.54. The Labute approximate surface area is 148 Å². The highest BCUT2D eigenvalue weighted by Crippen LogP contribution is 2.29. The zero-order valence-electron chi connectivity index (χ0n) is 14.9. The molecule has 1 aliphatic heterocycles. The standard InChI is InChI=1S/C20H25NO4/c1-13-7-8-17(14(2)9-13)18(22)12-25-20(24)15-10-19(23)21(11-15)16-5-3-4-6-16/h7-9,15-16H,3-6,10-12H2,1-2H3/t15-/m1/s1. The molecule has 2 fully saturated rings. The van der Waals surface area contributed by atoms with E-state index in [1.807, 2.05) is 30.9 Å². The zero-order chi connectivity index (χ0) is 18.0. The molecule has 0 aromatic heterocycles. The van der Waals surface area contributed by atoms with Crippen molar-refractivity contribution in [1.29, 1.82) is 0 Å². The van der Waals surface area contributed by atoms with E-state index in [2.05, 4.69) is 0 Å². The molecule has 1 heterocycles. The number of hydrogen-bond acceptors (Lipinski definition) is 4. The molecule has 134 valence electrons. The molecule has 0 radical (unpaired) electrons. The van der Waals surface area contributed by atoms with Crippen LogP contribution in [0.1, 0.15) is 53.6 Å². The second kappa shape index (κ2) is 7.38. The Balaban J connectivity index is 1.54. The van der Waals surface area contributed by atoms with Gasteiger partial charge in [0.2, 0.25) is 11.7 Å². The molecule has 1 aromatic carbocycles. The van der Waals surface area contributed by atoms with Crippen molar-refractivity contribution < 1.29 is 19.1 Å². The summed E-state index contributed by atoms with van der Waals surface area (Å²) >= 11 is 0. The van der Waals surface area contributed by atoms with E-state index in [9.17, 15) is 14.4 Å². The smallest absolute Gasteiger partial charge is 0.311 e. The molecular formula is C20H25NO4. The SMILES string of the molecule is Cc1ccc(C(=O)COC(=O)[C@@H]2CC(=O)N(C3CCCC3)C2)c(C)c1. The molecule has 0 unspecified atom stereocenters. The lowest BCUT2D eigenvalue weighted by molar-refractivity contribution is -0.147. The van der Waals surface area contributed by atoms with Crippen LogP contribution in [0.2, 0.25) is 0 Å². The fraction of sp³-hybridized carbons (Fsp3) is 0.550. The van der Waals surface area contributed by atoms with Gasteiger partial charge >= 0.3 is 5.97 Å². The Hall–Kier alpha value is -2.17. The third-order valence-electron chi connectivity index (χ3n) is 5.29. The molecule has 5 nitrogen and oxygen atoms in total. The normalized spacial score (nSPS) is 21.0. The molecule has 1 aliphatic carbocycles. The highest BCUT2D eigenvalue weighted by Gasteiger charge is 2.39. The number of rotatable bonds is 5. The molecule has 1 saturated carbocycles. The van der Waals surface area contributed by atoms with Gasteiger partial charge in [-0.1, -0.05) is 36.6 Å². The molecule has 2 aliphatic rings. The van der Waals surface area contributed by atoms with Gasteiger partial charge < -0.3 is 9.64 Å². The van der Waals surface area contributed by atoms with Gasteiger partial charge in [-0.15, -0.1) is 0 Å². The number of carbonyl (C=O) groups excluding carboxylic acids is 3. The summed E-state index contributed by atoms with van der Waals surface area (Å²) in [5, 5.41) is 0. The van der Waals surface area contributed by atoms with E-state index in [1.165, 1.54) is 0 Å². The molecule has 25 heavy (non-hydrogen) atoms. The van der Waals surface area contributed by atoms with Gasteiger partial charge in [-0.25, -0.2) is 0 Å². The Bertz CT molecular complexity index is 691. The Morgan fingerprint density at radius 2 is 1.92 bits per heavy atom. The first-order valence-corrected chi connectivity index (χ1v) is 9.02. The van der Waals surface area contributed by atoms with Crippen molar-refractivity contribution in [3.63, 3.8) is 0 Å². The fourth-order valence-electron chi connectivity index (χ4n) is 3.92. The number of likely N-dealkylation sites (tertiary alicyclic amines) is 1. The molecule has 1 atom stereocenters. The summed E-state index contributed by atoms with van der Waals surface area (Å²) in [6.07, 6.45) is 4.55. The topological polar surface area (TPSA) is 63.7 Å². The lowest BCUT2D eigenvalue weighted by Crippen LogP contribution is -2.35. The second-order valence-corrected chi connectivity index (χ2v) is 7.23. The first-order valence-electron chi connectivity index (χ1n) is 9.02. The van der Waals surface area contributed by atoms with Crippen LogP contribution in [0.5, 0.6) is 0 Å². The number of amides is 1. The maximum absolute atomic E-state index is 12.3. The minimum atomic E-state index is -0.444. The number of ketones is 1. The predicted octanol–water partition coefficient (Wildman–Crippen LogP) is 2.82. The molecule has 0 N–H and O–H groups in total. The lowest BCUT2D eigenvalue weighted by atomic mass is 10.0. The van der Waals surface area contributed by atoms with Crippen molar-refractivity contribution in [3.8, 4) is 0 Å². The molecule has 3 rings (SSSR count). The molecule has 1 amide bonds. The van der Waals surface area contributed by atoms with E-state index in [4.69, 9.17) is 4.74 Å². The van der Waals surface area contributed by atoms with Crippen LogP contribution in [0.4, 0.5) is 0 Å². The van der Waals surface area contributed by atoms with Crippen LogP contribution >= 0.6 is 0 Å². The summed E-state index contributed by atoms with van der Waals surface area (Å²) in [5.74, 6) is -1.05. The molecule has 1 aromatic rings. The van der Waals surface area contributed by atoms with Crippen LogP contribution in [-0.4, -0.2) is 41.8 Å². The highest BCUT2D eigenvalue weighted by molar-refractivity contribution is 5.99. The summed E-state index contributed by atoms with van der Waals surface area (Å²) < 4.78 is 5.22. The van der Waals surface area contributed by atoms with Gasteiger partial charge in [0, 0.05) is 24.6 Å². The summed E-state index contributed by atoms with van der Waals surface area (Å²) in [6.45, 7) is 4.00. The van der Waals surface area contributed by atoms with E-state index >= 15 is 0 Å². The molecule has 0 bridgehead atoms. The summed E-state index contributed by atoms with van der Waals surface area (Å²) in [6, 6.07) is 5.85. The molecule has 0 spiro atoms.